The second-order valence-electron chi connectivity index (χ2n) is 4.91. The van der Waals surface area contributed by atoms with Gasteiger partial charge in [0.1, 0.15) is 11.4 Å². The van der Waals surface area contributed by atoms with E-state index in [4.69, 9.17) is 16.2 Å². The van der Waals surface area contributed by atoms with Gasteiger partial charge >= 0.3 is 0 Å². The number of anilines is 1. The van der Waals surface area contributed by atoms with Gasteiger partial charge in [-0.2, -0.15) is 0 Å². The van der Waals surface area contributed by atoms with E-state index in [-0.39, 0.29) is 23.4 Å². The van der Waals surface area contributed by atoms with Crippen molar-refractivity contribution in [3.05, 3.63) is 29.1 Å². The lowest BCUT2D eigenvalue weighted by molar-refractivity contribution is -0.121. The van der Waals surface area contributed by atoms with Crippen LogP contribution < -0.4 is 16.8 Å². The molecule has 0 aromatic heterocycles. The number of nitrogens with one attached hydrogen (secondary N) is 1. The molecule has 1 unspecified atom stereocenters. The minimum atomic E-state index is -1.13. The van der Waals surface area contributed by atoms with Gasteiger partial charge in [-0.3, -0.25) is 9.59 Å². The zero-order valence-corrected chi connectivity index (χ0v) is 11.0. The first-order valence-electron chi connectivity index (χ1n) is 6.11. The molecule has 20 heavy (non-hydrogen) atoms. The van der Waals surface area contributed by atoms with Gasteiger partial charge in [0.25, 0.3) is 0 Å². The molecule has 7 heteroatoms. The predicted molar refractivity (Wildman–Crippen MR) is 70.6 cm³/mol. The number of hydrogen-bond acceptors (Lipinski definition) is 4. The monoisotopic (exact) mass is 281 g/mol. The summed E-state index contributed by atoms with van der Waals surface area (Å²) in [6.45, 7) is 2.00. The number of carbonyl (C=O) groups is 2. The fourth-order valence-electron chi connectivity index (χ4n) is 1.96. The quantitative estimate of drug-likeness (QED) is 0.740. The van der Waals surface area contributed by atoms with Gasteiger partial charge in [-0.05, 0) is 25.5 Å². The van der Waals surface area contributed by atoms with E-state index in [2.05, 4.69) is 5.32 Å². The van der Waals surface area contributed by atoms with Crippen molar-refractivity contribution in [2.75, 3.05) is 18.5 Å². The van der Waals surface area contributed by atoms with Crippen molar-refractivity contribution >= 4 is 17.5 Å². The Balaban J connectivity index is 2.29. The Labute approximate surface area is 115 Å². The van der Waals surface area contributed by atoms with E-state index in [0.29, 0.717) is 13.0 Å². The maximum absolute atomic E-state index is 13.7. The molecule has 1 aliphatic rings. The summed E-state index contributed by atoms with van der Waals surface area (Å²) in [6, 6.07) is 2.36. The van der Waals surface area contributed by atoms with Crippen molar-refractivity contribution < 1.29 is 18.7 Å². The Morgan fingerprint density at radius 3 is 2.70 bits per heavy atom. The molecule has 108 valence electrons. The SMILES string of the molecule is Cc1c(F)cc(C(N)=O)cc1NC(=O)C1(N)CCOC1. The first-order valence-corrected chi connectivity index (χ1v) is 6.11. The highest BCUT2D eigenvalue weighted by Crippen LogP contribution is 2.23. The van der Waals surface area contributed by atoms with Crippen molar-refractivity contribution in [3.63, 3.8) is 0 Å². The summed E-state index contributed by atoms with van der Waals surface area (Å²) in [4.78, 5) is 23.2. The lowest BCUT2D eigenvalue weighted by atomic mass is 9.98. The van der Waals surface area contributed by atoms with Gasteiger partial charge in [0, 0.05) is 23.4 Å². The fraction of sp³-hybridized carbons (Fsp3) is 0.385. The third kappa shape index (κ3) is 2.63. The molecule has 0 spiro atoms. The van der Waals surface area contributed by atoms with Gasteiger partial charge < -0.3 is 21.5 Å². The lowest BCUT2D eigenvalue weighted by Crippen LogP contribution is -2.51. The largest absolute Gasteiger partial charge is 0.379 e. The van der Waals surface area contributed by atoms with E-state index in [0.717, 1.165) is 6.07 Å². The third-order valence-electron chi connectivity index (χ3n) is 3.38. The smallest absolute Gasteiger partial charge is 0.248 e. The third-order valence-corrected chi connectivity index (χ3v) is 3.38. The number of benzene rings is 1. The summed E-state index contributed by atoms with van der Waals surface area (Å²) < 4.78 is 18.8. The van der Waals surface area contributed by atoms with Crippen LogP contribution in [0.5, 0.6) is 0 Å². The highest BCUT2D eigenvalue weighted by atomic mass is 19.1. The van der Waals surface area contributed by atoms with E-state index >= 15 is 0 Å². The van der Waals surface area contributed by atoms with Crippen LogP contribution in [0.3, 0.4) is 0 Å². The average Bonchev–Trinajstić information content (AvgIpc) is 2.82. The highest BCUT2D eigenvalue weighted by Gasteiger charge is 2.38. The molecule has 1 aromatic carbocycles. The molecule has 6 nitrogen and oxygen atoms in total. The molecule has 1 aromatic rings. The van der Waals surface area contributed by atoms with E-state index in [1.54, 1.807) is 0 Å². The molecule has 0 bridgehead atoms. The molecule has 1 atom stereocenters. The second kappa shape index (κ2) is 5.18. The van der Waals surface area contributed by atoms with Crippen molar-refractivity contribution in [1.29, 1.82) is 0 Å². The molecule has 1 fully saturated rings. The Morgan fingerprint density at radius 2 is 2.15 bits per heavy atom. The average molecular weight is 281 g/mol. The highest BCUT2D eigenvalue weighted by molar-refractivity contribution is 6.00. The molecule has 0 saturated carbocycles. The molecular weight excluding hydrogens is 265 g/mol. The van der Waals surface area contributed by atoms with Crippen LogP contribution in [-0.4, -0.2) is 30.6 Å². The summed E-state index contributed by atoms with van der Waals surface area (Å²) in [6.07, 6.45) is 0.385. The number of carbonyl (C=O) groups excluding carboxylic acids is 2. The maximum atomic E-state index is 13.7. The van der Waals surface area contributed by atoms with Crippen molar-refractivity contribution in [2.24, 2.45) is 11.5 Å². The van der Waals surface area contributed by atoms with Crippen LogP contribution in [0.4, 0.5) is 10.1 Å². The van der Waals surface area contributed by atoms with Gasteiger partial charge in [-0.25, -0.2) is 4.39 Å². The minimum Gasteiger partial charge on any atom is -0.379 e. The van der Waals surface area contributed by atoms with Crippen LogP contribution >= 0.6 is 0 Å². The molecule has 2 rings (SSSR count). The van der Waals surface area contributed by atoms with E-state index < -0.39 is 23.2 Å². The standard InChI is InChI=1S/C13H16FN3O3/c1-7-9(14)4-8(11(15)18)5-10(7)17-12(19)13(16)2-3-20-6-13/h4-5H,2-3,6,16H2,1H3,(H2,15,18)(H,17,19). The lowest BCUT2D eigenvalue weighted by Gasteiger charge is -2.21. The molecule has 2 amide bonds. The molecule has 1 aliphatic heterocycles. The summed E-state index contributed by atoms with van der Waals surface area (Å²) in [5.74, 6) is -1.87. The normalized spacial score (nSPS) is 21.8. The van der Waals surface area contributed by atoms with Crippen LogP contribution in [0.15, 0.2) is 12.1 Å². The van der Waals surface area contributed by atoms with Crippen LogP contribution in [-0.2, 0) is 9.53 Å². The Hall–Kier alpha value is -1.99. The molecule has 0 aliphatic carbocycles. The molecule has 1 saturated heterocycles. The number of amides is 2. The van der Waals surface area contributed by atoms with E-state index in [1.165, 1.54) is 13.0 Å². The van der Waals surface area contributed by atoms with Gasteiger partial charge in [0.2, 0.25) is 11.8 Å². The second-order valence-corrected chi connectivity index (χ2v) is 4.91. The van der Waals surface area contributed by atoms with Crippen LogP contribution in [0.1, 0.15) is 22.3 Å². The zero-order chi connectivity index (χ0) is 14.9. The number of ether oxygens (including phenoxy) is 1. The molecule has 0 radical (unpaired) electrons. The van der Waals surface area contributed by atoms with Crippen LogP contribution in [0.25, 0.3) is 0 Å². The number of primary amides is 1. The Kier molecular flexibility index (Phi) is 3.74. The minimum absolute atomic E-state index is 0.0165. The van der Waals surface area contributed by atoms with Gasteiger partial charge in [0.05, 0.1) is 6.61 Å². The number of nitrogens with two attached hydrogens (primary N) is 2. The topological polar surface area (TPSA) is 107 Å². The number of hydrogen-bond donors (Lipinski definition) is 3. The van der Waals surface area contributed by atoms with E-state index in [9.17, 15) is 14.0 Å². The van der Waals surface area contributed by atoms with Gasteiger partial charge in [-0.15, -0.1) is 0 Å². The Morgan fingerprint density at radius 1 is 1.45 bits per heavy atom. The first kappa shape index (κ1) is 14.4. The van der Waals surface area contributed by atoms with E-state index in [1.807, 2.05) is 0 Å². The number of rotatable bonds is 3. The van der Waals surface area contributed by atoms with Crippen molar-refractivity contribution in [3.8, 4) is 0 Å². The molecule has 1 heterocycles. The zero-order valence-electron chi connectivity index (χ0n) is 11.0. The maximum Gasteiger partial charge on any atom is 0.248 e. The molecule has 5 N–H and O–H groups in total. The van der Waals surface area contributed by atoms with Crippen LogP contribution in [0.2, 0.25) is 0 Å². The van der Waals surface area contributed by atoms with Gasteiger partial charge in [-0.1, -0.05) is 0 Å². The summed E-state index contributed by atoms with van der Waals surface area (Å²) in [7, 11) is 0. The predicted octanol–water partition coefficient (Wildman–Crippen LogP) is 0.289. The number of halogens is 1. The van der Waals surface area contributed by atoms with Gasteiger partial charge in [0.15, 0.2) is 0 Å². The molecular formula is C13H16FN3O3. The fourth-order valence-corrected chi connectivity index (χ4v) is 1.96. The van der Waals surface area contributed by atoms with Crippen molar-refractivity contribution in [1.82, 2.24) is 0 Å². The summed E-state index contributed by atoms with van der Waals surface area (Å²) in [5.41, 5.74) is 10.3. The summed E-state index contributed by atoms with van der Waals surface area (Å²) >= 11 is 0. The van der Waals surface area contributed by atoms with Crippen molar-refractivity contribution in [2.45, 2.75) is 18.9 Å². The first-order chi connectivity index (χ1) is 9.33. The Bertz CT molecular complexity index is 568. The van der Waals surface area contributed by atoms with Crippen LogP contribution in [0, 0.1) is 12.7 Å². The summed E-state index contributed by atoms with van der Waals surface area (Å²) in [5, 5.41) is 2.54.